The maximum atomic E-state index is 10.7. The number of para-hydroxylation sites is 1. The Morgan fingerprint density at radius 2 is 2.10 bits per heavy atom. The van der Waals surface area contributed by atoms with Gasteiger partial charge in [-0.15, -0.1) is 0 Å². The van der Waals surface area contributed by atoms with Crippen LogP contribution in [0.25, 0.3) is 17.0 Å². The minimum atomic E-state index is -3.86. The van der Waals surface area contributed by atoms with Gasteiger partial charge >= 0.3 is 0 Å². The molecule has 6 heteroatoms. The summed E-state index contributed by atoms with van der Waals surface area (Å²) >= 11 is 0. The molecule has 0 saturated heterocycles. The summed E-state index contributed by atoms with van der Waals surface area (Å²) in [7, 11) is -3.86. The third-order valence-corrected chi connectivity index (χ3v) is 4.29. The fourth-order valence-electron chi connectivity index (χ4n) is 2.57. The Hall–Kier alpha value is -1.79. The van der Waals surface area contributed by atoms with Crippen LogP contribution in [0.1, 0.15) is 17.7 Å². The third-order valence-electron chi connectivity index (χ3n) is 3.49. The number of benzene rings is 1. The van der Waals surface area contributed by atoms with Crippen molar-refractivity contribution in [3.05, 3.63) is 41.7 Å². The van der Waals surface area contributed by atoms with Gasteiger partial charge in [-0.05, 0) is 18.6 Å². The Bertz CT molecular complexity index is 762. The highest BCUT2D eigenvalue weighted by atomic mass is 32.2. The zero-order valence-electron chi connectivity index (χ0n) is 10.9. The molecule has 3 rings (SSSR count). The molecule has 1 aromatic carbocycles. The summed E-state index contributed by atoms with van der Waals surface area (Å²) in [6.07, 6.45) is 4.44. The van der Waals surface area contributed by atoms with Crippen LogP contribution < -0.4 is 0 Å². The molecule has 0 atom stereocenters. The summed E-state index contributed by atoms with van der Waals surface area (Å²) in [5.41, 5.74) is 3.45. The molecule has 0 unspecified atom stereocenters. The standard InChI is InChI=1S/C14H16N2O3S/c17-20(18,19)9-3-7-16-8-6-12-11-4-1-2-5-13(11)15-14(12)10-16/h1-2,4-6,8,15H,3,7,9-10H2,(H,17,18,19). The summed E-state index contributed by atoms with van der Waals surface area (Å²) in [5.74, 6) is -0.198. The van der Waals surface area contributed by atoms with E-state index in [2.05, 4.69) is 11.1 Å². The molecule has 1 aromatic heterocycles. The van der Waals surface area contributed by atoms with Crippen LogP contribution in [-0.2, 0) is 16.7 Å². The van der Waals surface area contributed by atoms with Crippen LogP contribution in [0.2, 0.25) is 0 Å². The molecule has 0 radical (unpaired) electrons. The topological polar surface area (TPSA) is 73.4 Å². The Balaban J connectivity index is 1.73. The number of fused-ring (bicyclic) bond motifs is 3. The molecule has 106 valence electrons. The summed E-state index contributed by atoms with van der Waals surface area (Å²) in [4.78, 5) is 5.44. The lowest BCUT2D eigenvalue weighted by molar-refractivity contribution is 0.361. The van der Waals surface area contributed by atoms with Crippen LogP contribution in [0.5, 0.6) is 0 Å². The number of hydrogen-bond donors (Lipinski definition) is 2. The van der Waals surface area contributed by atoms with E-state index in [4.69, 9.17) is 4.55 Å². The lowest BCUT2D eigenvalue weighted by Gasteiger charge is -2.23. The molecule has 2 N–H and O–H groups in total. The predicted octanol–water partition coefficient (Wildman–Crippen LogP) is 2.23. The van der Waals surface area contributed by atoms with E-state index in [9.17, 15) is 8.42 Å². The van der Waals surface area contributed by atoms with Gasteiger partial charge in [-0.1, -0.05) is 18.2 Å². The fraction of sp³-hybridized carbons (Fsp3) is 0.286. The van der Waals surface area contributed by atoms with Crippen LogP contribution >= 0.6 is 0 Å². The molecule has 2 aromatic rings. The molecule has 0 saturated carbocycles. The van der Waals surface area contributed by atoms with Crippen molar-refractivity contribution in [2.24, 2.45) is 0 Å². The van der Waals surface area contributed by atoms with Crippen molar-refractivity contribution in [3.63, 3.8) is 0 Å². The second kappa shape index (κ2) is 4.96. The van der Waals surface area contributed by atoms with Crippen molar-refractivity contribution >= 4 is 27.1 Å². The minimum Gasteiger partial charge on any atom is -0.372 e. The number of nitrogens with one attached hydrogen (secondary N) is 1. The average Bonchev–Trinajstić information content (AvgIpc) is 2.74. The van der Waals surface area contributed by atoms with Crippen molar-refractivity contribution in [3.8, 4) is 0 Å². The third kappa shape index (κ3) is 2.71. The monoisotopic (exact) mass is 292 g/mol. The Morgan fingerprint density at radius 1 is 1.30 bits per heavy atom. The first-order chi connectivity index (χ1) is 9.53. The first kappa shape index (κ1) is 13.2. The second-order valence-corrected chi connectivity index (χ2v) is 6.56. The van der Waals surface area contributed by atoms with Gasteiger partial charge in [0.05, 0.1) is 12.3 Å². The van der Waals surface area contributed by atoms with Crippen molar-refractivity contribution in [1.82, 2.24) is 9.88 Å². The van der Waals surface area contributed by atoms with E-state index in [-0.39, 0.29) is 5.75 Å². The molecule has 0 bridgehead atoms. The summed E-state index contributed by atoms with van der Waals surface area (Å²) in [5, 5.41) is 1.20. The van der Waals surface area contributed by atoms with Crippen molar-refractivity contribution in [2.45, 2.75) is 13.0 Å². The second-order valence-electron chi connectivity index (χ2n) is 4.99. The largest absolute Gasteiger partial charge is 0.372 e. The molecule has 5 nitrogen and oxygen atoms in total. The zero-order valence-corrected chi connectivity index (χ0v) is 11.7. The number of H-pyrrole nitrogens is 1. The Kier molecular flexibility index (Phi) is 3.27. The molecule has 0 amide bonds. The molecule has 0 aliphatic carbocycles. The molecular weight excluding hydrogens is 276 g/mol. The highest BCUT2D eigenvalue weighted by molar-refractivity contribution is 7.85. The summed E-state index contributed by atoms with van der Waals surface area (Å²) in [6.45, 7) is 1.33. The van der Waals surface area contributed by atoms with E-state index < -0.39 is 10.1 Å². The number of aromatic nitrogens is 1. The number of nitrogens with zero attached hydrogens (tertiary/aromatic N) is 1. The van der Waals surface area contributed by atoms with Crippen LogP contribution in [-0.4, -0.2) is 35.2 Å². The maximum absolute atomic E-state index is 10.7. The van der Waals surface area contributed by atoms with Crippen molar-refractivity contribution in [2.75, 3.05) is 12.3 Å². The molecule has 0 fully saturated rings. The Labute approximate surface area is 117 Å². The molecule has 0 spiro atoms. The van der Waals surface area contributed by atoms with Gasteiger partial charge < -0.3 is 9.88 Å². The van der Waals surface area contributed by atoms with Crippen LogP contribution in [0.4, 0.5) is 0 Å². The summed E-state index contributed by atoms with van der Waals surface area (Å²) < 4.78 is 30.1. The first-order valence-electron chi connectivity index (χ1n) is 6.50. The average molecular weight is 292 g/mol. The predicted molar refractivity (Wildman–Crippen MR) is 78.8 cm³/mol. The number of aromatic amines is 1. The smallest absolute Gasteiger partial charge is 0.264 e. The summed E-state index contributed by atoms with van der Waals surface area (Å²) in [6, 6.07) is 8.15. The first-order valence-corrected chi connectivity index (χ1v) is 8.11. The highest BCUT2D eigenvalue weighted by Gasteiger charge is 2.15. The SMILES string of the molecule is O=S(=O)(O)CCCN1C=Cc2c([nH]c3ccccc23)C1. The van der Waals surface area contributed by atoms with Crippen molar-refractivity contribution < 1.29 is 13.0 Å². The van der Waals surface area contributed by atoms with Crippen LogP contribution in [0, 0.1) is 0 Å². The molecule has 1 aliphatic heterocycles. The van der Waals surface area contributed by atoms with E-state index in [0.29, 0.717) is 13.0 Å². The van der Waals surface area contributed by atoms with Gasteiger partial charge in [0.1, 0.15) is 0 Å². The molecule has 2 heterocycles. The maximum Gasteiger partial charge on any atom is 0.264 e. The lowest BCUT2D eigenvalue weighted by atomic mass is 10.1. The highest BCUT2D eigenvalue weighted by Crippen LogP contribution is 2.27. The van der Waals surface area contributed by atoms with Gasteiger partial charge in [-0.25, -0.2) is 0 Å². The van der Waals surface area contributed by atoms with Gasteiger partial charge in [0.15, 0.2) is 0 Å². The van der Waals surface area contributed by atoms with Gasteiger partial charge in [0.2, 0.25) is 0 Å². The van der Waals surface area contributed by atoms with E-state index in [0.717, 1.165) is 17.8 Å². The van der Waals surface area contributed by atoms with Crippen LogP contribution in [0.3, 0.4) is 0 Å². The molecule has 20 heavy (non-hydrogen) atoms. The van der Waals surface area contributed by atoms with Gasteiger partial charge in [0, 0.05) is 34.9 Å². The Morgan fingerprint density at radius 3 is 2.90 bits per heavy atom. The molecule has 1 aliphatic rings. The van der Waals surface area contributed by atoms with E-state index in [1.54, 1.807) is 0 Å². The van der Waals surface area contributed by atoms with Crippen molar-refractivity contribution in [1.29, 1.82) is 0 Å². The van der Waals surface area contributed by atoms with Crippen LogP contribution in [0.15, 0.2) is 30.5 Å². The molecular formula is C14H16N2O3S. The number of rotatable bonds is 4. The quantitative estimate of drug-likeness (QED) is 0.848. The normalized spacial score (nSPS) is 14.8. The fourth-order valence-corrected chi connectivity index (χ4v) is 3.07. The lowest BCUT2D eigenvalue weighted by Crippen LogP contribution is -2.22. The van der Waals surface area contributed by atoms with Gasteiger partial charge in [-0.2, -0.15) is 8.42 Å². The van der Waals surface area contributed by atoms with Gasteiger partial charge in [-0.3, -0.25) is 4.55 Å². The van der Waals surface area contributed by atoms with E-state index in [1.807, 2.05) is 35.4 Å². The number of hydrogen-bond acceptors (Lipinski definition) is 3. The minimum absolute atomic E-state index is 0.198. The van der Waals surface area contributed by atoms with Gasteiger partial charge in [0.25, 0.3) is 10.1 Å². The van der Waals surface area contributed by atoms with E-state index >= 15 is 0 Å². The van der Waals surface area contributed by atoms with E-state index in [1.165, 1.54) is 10.9 Å². The zero-order chi connectivity index (χ0) is 14.2.